The minimum atomic E-state index is -1.53. The van der Waals surface area contributed by atoms with E-state index in [1.54, 1.807) is 30.6 Å². The van der Waals surface area contributed by atoms with E-state index in [2.05, 4.69) is 31.2 Å². The maximum atomic E-state index is 14.5. The molecule has 5 rings (SSSR count). The molecule has 3 heterocycles. The van der Waals surface area contributed by atoms with Crippen molar-refractivity contribution >= 4 is 69.2 Å². The molecule has 0 radical (unpaired) electrons. The van der Waals surface area contributed by atoms with Gasteiger partial charge < -0.3 is 51.5 Å². The zero-order valence-electron chi connectivity index (χ0n) is 30.4. The monoisotopic (exact) mass is 773 g/mol. The third-order valence-electron chi connectivity index (χ3n) is 9.62. The van der Waals surface area contributed by atoms with Crippen LogP contribution in [0.1, 0.15) is 50.2 Å². The van der Waals surface area contributed by atoms with E-state index in [1.807, 2.05) is 30.3 Å². The number of aromatic nitrogens is 2. The van der Waals surface area contributed by atoms with Gasteiger partial charge in [-0.3, -0.25) is 33.6 Å². The van der Waals surface area contributed by atoms with Crippen LogP contribution < -0.4 is 21.3 Å². The second-order valence-electron chi connectivity index (χ2n) is 13.6. The van der Waals surface area contributed by atoms with E-state index in [0.717, 1.165) is 28.7 Å². The molecule has 0 spiro atoms. The molecule has 9 N–H and O–H groups in total. The van der Waals surface area contributed by atoms with Crippen LogP contribution in [-0.2, 0) is 51.2 Å². The maximum absolute atomic E-state index is 14.5. The summed E-state index contributed by atoms with van der Waals surface area (Å²) in [6, 6.07) is 7.58. The zero-order valence-corrected chi connectivity index (χ0v) is 30.4. The molecule has 4 aromatic rings. The Labute approximate surface area is 319 Å². The van der Waals surface area contributed by atoms with Crippen LogP contribution in [0.4, 0.5) is 0 Å². The summed E-state index contributed by atoms with van der Waals surface area (Å²) in [6.07, 6.45) is 2.03. The van der Waals surface area contributed by atoms with Crippen LogP contribution in [0.15, 0.2) is 60.9 Å². The lowest BCUT2D eigenvalue weighted by molar-refractivity contribution is -0.145. The summed E-state index contributed by atoms with van der Waals surface area (Å²) < 4.78 is 0. The van der Waals surface area contributed by atoms with E-state index >= 15 is 0 Å². The second-order valence-corrected chi connectivity index (χ2v) is 13.6. The average Bonchev–Trinajstić information content (AvgIpc) is 3.91. The molecule has 18 nitrogen and oxygen atoms in total. The molecule has 1 fully saturated rings. The van der Waals surface area contributed by atoms with Crippen LogP contribution in [-0.4, -0.2) is 114 Å². The van der Waals surface area contributed by atoms with Crippen molar-refractivity contribution in [2.75, 3.05) is 6.54 Å². The summed E-state index contributed by atoms with van der Waals surface area (Å²) in [5, 5.41) is 39.6. The van der Waals surface area contributed by atoms with E-state index < -0.39 is 90.5 Å². The number of nitrogens with one attached hydrogen (secondary N) is 6. The molecule has 0 aliphatic carbocycles. The molecule has 2 aromatic carbocycles. The largest absolute Gasteiger partial charge is 0.481 e. The first-order chi connectivity index (χ1) is 26.7. The average molecular weight is 774 g/mol. The van der Waals surface area contributed by atoms with Crippen molar-refractivity contribution in [3.8, 4) is 0 Å². The fourth-order valence-electron chi connectivity index (χ4n) is 6.92. The lowest BCUT2D eigenvalue weighted by Gasteiger charge is -2.30. The number of hydrogen-bond donors (Lipinski definition) is 9. The molecule has 18 heteroatoms. The summed E-state index contributed by atoms with van der Waals surface area (Å²) in [4.78, 5) is 110. The number of aromatic amines is 2. The number of carbonyl (C=O) groups is 8. The fourth-order valence-corrected chi connectivity index (χ4v) is 6.92. The summed E-state index contributed by atoms with van der Waals surface area (Å²) in [6.45, 7) is 1.20. The van der Waals surface area contributed by atoms with Gasteiger partial charge in [0.15, 0.2) is 0 Å². The molecule has 56 heavy (non-hydrogen) atoms. The van der Waals surface area contributed by atoms with Crippen molar-refractivity contribution in [2.45, 2.75) is 82.1 Å². The summed E-state index contributed by atoms with van der Waals surface area (Å²) in [5.74, 6) is -7.96. The molecular formula is C38H43N7O11. The Bertz CT molecular complexity index is 2130. The number of carboxylic acids is 3. The molecule has 0 unspecified atom stereocenters. The first kappa shape index (κ1) is 40.5. The maximum Gasteiger partial charge on any atom is 0.326 e. The number of likely N-dealkylation sites (tertiary alicyclic amines) is 1. The van der Waals surface area contributed by atoms with E-state index in [1.165, 1.54) is 4.90 Å². The molecule has 1 saturated heterocycles. The van der Waals surface area contributed by atoms with E-state index in [0.29, 0.717) is 17.5 Å². The summed E-state index contributed by atoms with van der Waals surface area (Å²) >= 11 is 0. The molecule has 5 atom stereocenters. The first-order valence-electron chi connectivity index (χ1n) is 18.0. The number of fused-ring (bicyclic) bond motifs is 2. The van der Waals surface area contributed by atoms with E-state index in [9.17, 15) is 48.6 Å². The SMILES string of the molecule is CC(=O)N[C@@H](CC(=O)O)C(=O)N[C@@H](Cc1c[nH]c2ccccc12)C(=O)N[C@@H](Cc1c[nH]c2ccccc12)C(=O)N1CCC[C@H]1C(=O)N[C@@H](CCC(=O)O)C(=O)O. The predicted octanol–water partition coefficient (Wildman–Crippen LogP) is 0.809. The van der Waals surface area contributed by atoms with Crippen LogP contribution in [0.2, 0.25) is 0 Å². The van der Waals surface area contributed by atoms with Gasteiger partial charge in [0, 0.05) is 66.9 Å². The van der Waals surface area contributed by atoms with Gasteiger partial charge in [-0.2, -0.15) is 0 Å². The van der Waals surface area contributed by atoms with Gasteiger partial charge in [-0.25, -0.2) is 4.79 Å². The first-order valence-corrected chi connectivity index (χ1v) is 18.0. The van der Waals surface area contributed by atoms with Gasteiger partial charge in [-0.15, -0.1) is 0 Å². The van der Waals surface area contributed by atoms with Gasteiger partial charge in [0.2, 0.25) is 29.5 Å². The molecule has 0 saturated carbocycles. The van der Waals surface area contributed by atoms with Gasteiger partial charge in [0.1, 0.15) is 30.2 Å². The number of amides is 5. The molecule has 2 aromatic heterocycles. The molecular weight excluding hydrogens is 730 g/mol. The predicted molar refractivity (Wildman–Crippen MR) is 199 cm³/mol. The third-order valence-corrected chi connectivity index (χ3v) is 9.62. The van der Waals surface area contributed by atoms with Gasteiger partial charge in [-0.05, 0) is 42.5 Å². The van der Waals surface area contributed by atoms with Crippen molar-refractivity contribution in [3.63, 3.8) is 0 Å². The number of carboxylic acid groups (broad SMARTS) is 3. The summed E-state index contributed by atoms with van der Waals surface area (Å²) in [7, 11) is 0. The van der Waals surface area contributed by atoms with Gasteiger partial charge in [0.25, 0.3) is 0 Å². The highest BCUT2D eigenvalue weighted by molar-refractivity contribution is 5.98. The standard InChI is InChI=1S/C38H43N7O11/c1-20(46)41-29(17-33(49)50)35(52)43-28(15-21-18-39-25-9-4-2-7-23(21)25)34(51)44-30(16-22-19-40-26-10-5-3-8-24(22)26)37(54)45-14-6-11-31(45)36(53)42-27(38(55)56)12-13-32(47)48/h2-5,7-10,18-19,27-31,39-40H,6,11-17H2,1H3,(H,41,46)(H,42,53)(H,43,52)(H,44,51)(H,47,48)(H,49,50)(H,55,56)/t27-,28-,29-,30-,31-/m0/s1. The zero-order chi connectivity index (χ0) is 40.5. The lowest BCUT2D eigenvalue weighted by Crippen LogP contribution is -2.59. The Morgan fingerprint density at radius 1 is 0.714 bits per heavy atom. The number of H-pyrrole nitrogens is 2. The van der Waals surface area contributed by atoms with E-state index in [-0.39, 0.29) is 32.2 Å². The fraction of sp³-hybridized carbons (Fsp3) is 0.368. The smallest absolute Gasteiger partial charge is 0.326 e. The van der Waals surface area contributed by atoms with Crippen molar-refractivity contribution in [1.82, 2.24) is 36.1 Å². The van der Waals surface area contributed by atoms with Crippen molar-refractivity contribution in [2.24, 2.45) is 0 Å². The Hall–Kier alpha value is -6.72. The minimum absolute atomic E-state index is 0.0723. The van der Waals surface area contributed by atoms with Crippen molar-refractivity contribution in [3.05, 3.63) is 72.1 Å². The minimum Gasteiger partial charge on any atom is -0.481 e. The van der Waals surface area contributed by atoms with Crippen LogP contribution >= 0.6 is 0 Å². The normalized spacial score (nSPS) is 16.0. The quantitative estimate of drug-likeness (QED) is 0.0682. The Balaban J connectivity index is 1.46. The highest BCUT2D eigenvalue weighted by Crippen LogP contribution is 2.24. The number of rotatable bonds is 18. The molecule has 1 aliphatic heterocycles. The van der Waals surface area contributed by atoms with Gasteiger partial charge >= 0.3 is 17.9 Å². The number of para-hydroxylation sites is 2. The van der Waals surface area contributed by atoms with Gasteiger partial charge in [0.05, 0.1) is 6.42 Å². The lowest BCUT2D eigenvalue weighted by atomic mass is 10.0. The van der Waals surface area contributed by atoms with Crippen LogP contribution in [0.3, 0.4) is 0 Å². The number of benzene rings is 2. The number of nitrogens with zero attached hydrogens (tertiary/aromatic N) is 1. The second kappa shape index (κ2) is 18.1. The van der Waals surface area contributed by atoms with Crippen LogP contribution in [0.5, 0.6) is 0 Å². The molecule has 1 aliphatic rings. The topological polar surface area (TPSA) is 280 Å². The highest BCUT2D eigenvalue weighted by atomic mass is 16.4. The molecule has 5 amide bonds. The Kier molecular flexibility index (Phi) is 13.1. The Morgan fingerprint density at radius 2 is 1.27 bits per heavy atom. The molecule has 296 valence electrons. The highest BCUT2D eigenvalue weighted by Gasteiger charge is 2.40. The van der Waals surface area contributed by atoms with Crippen molar-refractivity contribution < 1.29 is 53.7 Å². The van der Waals surface area contributed by atoms with Crippen LogP contribution in [0.25, 0.3) is 21.8 Å². The third kappa shape index (κ3) is 10.1. The van der Waals surface area contributed by atoms with Crippen molar-refractivity contribution in [1.29, 1.82) is 0 Å². The number of carbonyl (C=O) groups excluding carboxylic acids is 5. The Morgan fingerprint density at radius 3 is 1.82 bits per heavy atom. The number of aliphatic carboxylic acids is 3. The number of hydrogen-bond acceptors (Lipinski definition) is 8. The van der Waals surface area contributed by atoms with Gasteiger partial charge in [-0.1, -0.05) is 36.4 Å². The van der Waals surface area contributed by atoms with E-state index in [4.69, 9.17) is 5.11 Å². The summed E-state index contributed by atoms with van der Waals surface area (Å²) in [5.41, 5.74) is 2.76. The molecule has 0 bridgehead atoms. The van der Waals surface area contributed by atoms with Crippen LogP contribution in [0, 0.1) is 0 Å².